The van der Waals surface area contributed by atoms with Crippen molar-refractivity contribution < 1.29 is 14.4 Å². The minimum absolute atomic E-state index is 0.0423. The molecule has 88 valence electrons. The minimum Gasteiger partial charge on any atom is -0.506 e. The fourth-order valence-electron chi connectivity index (χ4n) is 1.48. The largest absolute Gasteiger partial charge is 0.506 e. The molecule has 1 amide bonds. The molecular formula is C11H11N3O3. The smallest absolute Gasteiger partial charge is 0.222 e. The van der Waals surface area contributed by atoms with Crippen LogP contribution in [0.15, 0.2) is 28.8 Å². The van der Waals surface area contributed by atoms with E-state index in [1.54, 1.807) is 12.1 Å². The predicted molar refractivity (Wildman–Crippen MR) is 62.3 cm³/mol. The third-order valence-electron chi connectivity index (χ3n) is 2.15. The number of nitrogen functional groups attached to an aromatic ring is 1. The van der Waals surface area contributed by atoms with Crippen LogP contribution in [0.25, 0.3) is 11.3 Å². The summed E-state index contributed by atoms with van der Waals surface area (Å²) in [6.07, 6.45) is 0. The number of phenols is 1. The first kappa shape index (κ1) is 11.0. The zero-order chi connectivity index (χ0) is 12.4. The minimum atomic E-state index is -0.288. The van der Waals surface area contributed by atoms with Gasteiger partial charge in [-0.3, -0.25) is 4.79 Å². The second kappa shape index (κ2) is 4.17. The maximum absolute atomic E-state index is 11.1. The van der Waals surface area contributed by atoms with Gasteiger partial charge >= 0.3 is 0 Å². The molecule has 0 saturated carbocycles. The average Bonchev–Trinajstić information content (AvgIpc) is 2.67. The van der Waals surface area contributed by atoms with Gasteiger partial charge < -0.3 is 20.7 Å². The van der Waals surface area contributed by atoms with E-state index in [-0.39, 0.29) is 23.2 Å². The number of hydrogen-bond acceptors (Lipinski definition) is 5. The number of rotatable bonds is 2. The monoisotopic (exact) mass is 233 g/mol. The fraction of sp³-hybridized carbons (Fsp3) is 0.0909. The number of carbonyl (C=O) groups is 1. The highest BCUT2D eigenvalue weighted by atomic mass is 16.5. The average molecular weight is 233 g/mol. The molecule has 0 saturated heterocycles. The SMILES string of the molecule is CC(=O)Nc1c(O)cccc1-c1cc(N)on1. The van der Waals surface area contributed by atoms with Crippen molar-refractivity contribution in [3.05, 3.63) is 24.3 Å². The van der Waals surface area contributed by atoms with Gasteiger partial charge in [0.25, 0.3) is 0 Å². The lowest BCUT2D eigenvalue weighted by Crippen LogP contribution is -2.07. The van der Waals surface area contributed by atoms with Gasteiger partial charge in [-0.2, -0.15) is 0 Å². The number of aromatic hydroxyl groups is 1. The van der Waals surface area contributed by atoms with E-state index in [0.29, 0.717) is 11.3 Å². The number of nitrogens with one attached hydrogen (secondary N) is 1. The number of phenolic OH excluding ortho intramolecular Hbond substituents is 1. The van der Waals surface area contributed by atoms with Gasteiger partial charge in [0.2, 0.25) is 11.8 Å². The molecule has 1 aromatic carbocycles. The van der Waals surface area contributed by atoms with Crippen LogP contribution in [0.1, 0.15) is 6.92 Å². The van der Waals surface area contributed by atoms with E-state index in [0.717, 1.165) is 0 Å². The molecule has 0 aliphatic heterocycles. The van der Waals surface area contributed by atoms with E-state index < -0.39 is 0 Å². The van der Waals surface area contributed by atoms with Crippen LogP contribution in [0.4, 0.5) is 11.6 Å². The lowest BCUT2D eigenvalue weighted by atomic mass is 10.1. The van der Waals surface area contributed by atoms with Crippen molar-refractivity contribution in [2.45, 2.75) is 6.92 Å². The number of carbonyl (C=O) groups excluding carboxylic acids is 1. The van der Waals surface area contributed by atoms with Crippen LogP contribution < -0.4 is 11.1 Å². The molecule has 0 aliphatic carbocycles. The van der Waals surface area contributed by atoms with Crippen molar-refractivity contribution in [2.24, 2.45) is 0 Å². The quantitative estimate of drug-likeness (QED) is 0.683. The zero-order valence-electron chi connectivity index (χ0n) is 9.10. The fourth-order valence-corrected chi connectivity index (χ4v) is 1.48. The Kier molecular flexibility index (Phi) is 2.70. The molecule has 0 atom stereocenters. The van der Waals surface area contributed by atoms with Crippen molar-refractivity contribution in [3.63, 3.8) is 0 Å². The molecule has 0 fully saturated rings. The number of anilines is 2. The number of nitrogens with zero attached hydrogens (tertiary/aromatic N) is 1. The molecule has 6 nitrogen and oxygen atoms in total. The number of aromatic nitrogens is 1. The summed E-state index contributed by atoms with van der Waals surface area (Å²) in [5.74, 6) is -0.166. The third-order valence-corrected chi connectivity index (χ3v) is 2.15. The van der Waals surface area contributed by atoms with E-state index >= 15 is 0 Å². The highest BCUT2D eigenvalue weighted by Crippen LogP contribution is 2.34. The van der Waals surface area contributed by atoms with Crippen LogP contribution in [0.3, 0.4) is 0 Å². The van der Waals surface area contributed by atoms with Crippen molar-refractivity contribution >= 4 is 17.5 Å². The van der Waals surface area contributed by atoms with Gasteiger partial charge in [-0.15, -0.1) is 0 Å². The van der Waals surface area contributed by atoms with Crippen molar-refractivity contribution in [1.82, 2.24) is 5.16 Å². The molecule has 0 aliphatic rings. The first-order valence-electron chi connectivity index (χ1n) is 4.90. The Bertz CT molecular complexity index is 563. The lowest BCUT2D eigenvalue weighted by molar-refractivity contribution is -0.114. The molecule has 4 N–H and O–H groups in total. The van der Waals surface area contributed by atoms with Gasteiger partial charge in [0.15, 0.2) is 0 Å². The van der Waals surface area contributed by atoms with E-state index in [1.165, 1.54) is 19.1 Å². The molecule has 0 radical (unpaired) electrons. The summed E-state index contributed by atoms with van der Waals surface area (Å²) >= 11 is 0. The van der Waals surface area contributed by atoms with Gasteiger partial charge in [0.05, 0.1) is 5.69 Å². The first-order chi connectivity index (χ1) is 8.08. The molecule has 1 aromatic heterocycles. The molecule has 0 unspecified atom stereocenters. The highest BCUT2D eigenvalue weighted by Gasteiger charge is 2.13. The molecule has 0 bridgehead atoms. The van der Waals surface area contributed by atoms with E-state index in [4.69, 9.17) is 10.3 Å². The maximum Gasteiger partial charge on any atom is 0.222 e. The Morgan fingerprint density at radius 2 is 2.29 bits per heavy atom. The van der Waals surface area contributed by atoms with Gasteiger partial charge in [0, 0.05) is 18.6 Å². The van der Waals surface area contributed by atoms with Gasteiger partial charge in [-0.25, -0.2) is 0 Å². The molecule has 2 rings (SSSR count). The molecule has 6 heteroatoms. The topological polar surface area (TPSA) is 101 Å². The number of para-hydroxylation sites is 1. The Hall–Kier alpha value is -2.50. The van der Waals surface area contributed by atoms with Crippen LogP contribution in [-0.2, 0) is 4.79 Å². The van der Waals surface area contributed by atoms with E-state index in [1.807, 2.05) is 0 Å². The lowest BCUT2D eigenvalue weighted by Gasteiger charge is -2.09. The number of hydrogen-bond donors (Lipinski definition) is 3. The van der Waals surface area contributed by atoms with Gasteiger partial charge in [0.1, 0.15) is 11.4 Å². The second-order valence-electron chi connectivity index (χ2n) is 3.50. The Balaban J connectivity index is 2.53. The summed E-state index contributed by atoms with van der Waals surface area (Å²) in [6, 6.07) is 6.32. The second-order valence-corrected chi connectivity index (χ2v) is 3.50. The van der Waals surface area contributed by atoms with Crippen LogP contribution in [0.2, 0.25) is 0 Å². The van der Waals surface area contributed by atoms with Crippen LogP contribution >= 0.6 is 0 Å². The highest BCUT2D eigenvalue weighted by molar-refractivity contribution is 5.96. The van der Waals surface area contributed by atoms with E-state index in [9.17, 15) is 9.90 Å². The summed E-state index contributed by atoms with van der Waals surface area (Å²) in [5.41, 5.74) is 6.70. The molecular weight excluding hydrogens is 222 g/mol. The molecule has 17 heavy (non-hydrogen) atoms. The van der Waals surface area contributed by atoms with Crippen molar-refractivity contribution in [2.75, 3.05) is 11.1 Å². The maximum atomic E-state index is 11.1. The van der Waals surface area contributed by atoms with Gasteiger partial charge in [-0.05, 0) is 6.07 Å². The molecule has 1 heterocycles. The number of amides is 1. The van der Waals surface area contributed by atoms with Crippen molar-refractivity contribution in [1.29, 1.82) is 0 Å². The number of benzene rings is 1. The van der Waals surface area contributed by atoms with Crippen LogP contribution in [-0.4, -0.2) is 16.2 Å². The number of nitrogens with two attached hydrogens (primary N) is 1. The Labute approximate surface area is 97.0 Å². The first-order valence-corrected chi connectivity index (χ1v) is 4.90. The summed E-state index contributed by atoms with van der Waals surface area (Å²) in [4.78, 5) is 11.1. The summed E-state index contributed by atoms with van der Waals surface area (Å²) in [6.45, 7) is 1.35. The van der Waals surface area contributed by atoms with Crippen LogP contribution in [0, 0.1) is 0 Å². The normalized spacial score (nSPS) is 10.2. The summed E-state index contributed by atoms with van der Waals surface area (Å²) in [5, 5.41) is 16.0. The third kappa shape index (κ3) is 2.20. The standard InChI is InChI=1S/C11H11N3O3/c1-6(15)13-11-7(3-2-4-9(11)16)8-5-10(12)17-14-8/h2-5,16H,12H2,1H3,(H,13,15). The van der Waals surface area contributed by atoms with E-state index in [2.05, 4.69) is 10.5 Å². The van der Waals surface area contributed by atoms with Crippen molar-refractivity contribution in [3.8, 4) is 17.0 Å². The zero-order valence-corrected chi connectivity index (χ0v) is 9.10. The van der Waals surface area contributed by atoms with Crippen LogP contribution in [0.5, 0.6) is 5.75 Å². The summed E-state index contributed by atoms with van der Waals surface area (Å²) in [7, 11) is 0. The Morgan fingerprint density at radius 1 is 1.53 bits per heavy atom. The predicted octanol–water partition coefficient (Wildman–Crippen LogP) is 1.59. The van der Waals surface area contributed by atoms with Gasteiger partial charge in [-0.1, -0.05) is 17.3 Å². The summed E-state index contributed by atoms with van der Waals surface area (Å²) < 4.78 is 4.75. The molecule has 0 spiro atoms. The molecule has 2 aromatic rings. The Morgan fingerprint density at radius 3 is 2.88 bits per heavy atom.